The van der Waals surface area contributed by atoms with E-state index in [1.165, 1.54) is 0 Å². The molecule has 0 radical (unpaired) electrons. The number of hydrogen-bond donors (Lipinski definition) is 2. The maximum absolute atomic E-state index is 11.3. The lowest BCUT2D eigenvalue weighted by atomic mass is 10.1. The summed E-state index contributed by atoms with van der Waals surface area (Å²) >= 11 is 0. The Morgan fingerprint density at radius 1 is 1.47 bits per heavy atom. The van der Waals surface area contributed by atoms with Crippen molar-refractivity contribution in [2.45, 2.75) is 32.4 Å². The highest BCUT2D eigenvalue weighted by Crippen LogP contribution is 2.10. The minimum atomic E-state index is -0.251. The Morgan fingerprint density at radius 3 is 2.71 bits per heavy atom. The van der Waals surface area contributed by atoms with Crippen molar-refractivity contribution in [1.82, 2.24) is 15.1 Å². The molecule has 17 heavy (non-hydrogen) atoms. The van der Waals surface area contributed by atoms with Crippen LogP contribution in [0.5, 0.6) is 0 Å². The van der Waals surface area contributed by atoms with Gasteiger partial charge in [-0.15, -0.1) is 0 Å². The molecule has 1 heterocycles. The fourth-order valence-electron chi connectivity index (χ4n) is 2.38. The first-order valence-electron chi connectivity index (χ1n) is 6.53. The van der Waals surface area contributed by atoms with E-state index in [1.54, 1.807) is 0 Å². The first-order chi connectivity index (χ1) is 8.08. The van der Waals surface area contributed by atoms with E-state index in [9.17, 15) is 4.79 Å². The van der Waals surface area contributed by atoms with E-state index in [0.29, 0.717) is 6.04 Å². The molecular weight excluding hydrogens is 216 g/mol. The molecule has 1 rings (SSSR count). The Balaban J connectivity index is 2.47. The molecule has 100 valence electrons. The van der Waals surface area contributed by atoms with Gasteiger partial charge in [0.25, 0.3) is 0 Å². The number of hydrogen-bond acceptors (Lipinski definition) is 4. The molecule has 2 atom stereocenters. The molecule has 0 aromatic rings. The van der Waals surface area contributed by atoms with Gasteiger partial charge in [-0.05, 0) is 20.0 Å². The number of likely N-dealkylation sites (N-methyl/N-ethyl adjacent to an activating group) is 2. The standard InChI is InChI=1S/C12H26N4O/c1-4-10-8-16(7-6-15(10)3)9-11(12(13)17)14-5-2/h10-11,14H,4-9H2,1-3H3,(H2,13,17). The third kappa shape index (κ3) is 4.26. The highest BCUT2D eigenvalue weighted by molar-refractivity contribution is 5.80. The third-order valence-electron chi connectivity index (χ3n) is 3.57. The van der Waals surface area contributed by atoms with Crippen molar-refractivity contribution in [2.24, 2.45) is 5.73 Å². The molecule has 1 fully saturated rings. The average Bonchev–Trinajstić information content (AvgIpc) is 2.30. The number of nitrogens with zero attached hydrogens (tertiary/aromatic N) is 2. The second-order valence-electron chi connectivity index (χ2n) is 4.81. The molecule has 0 spiro atoms. The summed E-state index contributed by atoms with van der Waals surface area (Å²) in [5.74, 6) is -0.251. The van der Waals surface area contributed by atoms with Crippen molar-refractivity contribution in [1.29, 1.82) is 0 Å². The number of carbonyl (C=O) groups is 1. The molecule has 5 nitrogen and oxygen atoms in total. The summed E-state index contributed by atoms with van der Waals surface area (Å²) in [5.41, 5.74) is 5.40. The molecule has 3 N–H and O–H groups in total. The summed E-state index contributed by atoms with van der Waals surface area (Å²) in [6.07, 6.45) is 1.15. The summed E-state index contributed by atoms with van der Waals surface area (Å²) in [7, 11) is 2.17. The summed E-state index contributed by atoms with van der Waals surface area (Å²) in [4.78, 5) is 16.0. The number of amides is 1. The lowest BCUT2D eigenvalue weighted by Crippen LogP contribution is -2.56. The van der Waals surface area contributed by atoms with Gasteiger partial charge in [0.1, 0.15) is 0 Å². The fourth-order valence-corrected chi connectivity index (χ4v) is 2.38. The molecule has 0 aliphatic carbocycles. The van der Waals surface area contributed by atoms with Gasteiger partial charge < -0.3 is 16.0 Å². The Bertz CT molecular complexity index is 247. The number of piperazine rings is 1. The van der Waals surface area contributed by atoms with Gasteiger partial charge in [-0.3, -0.25) is 9.69 Å². The van der Waals surface area contributed by atoms with E-state index >= 15 is 0 Å². The summed E-state index contributed by atoms with van der Waals surface area (Å²) in [6, 6.07) is 0.375. The maximum Gasteiger partial charge on any atom is 0.235 e. The Hall–Kier alpha value is -0.650. The van der Waals surface area contributed by atoms with Crippen LogP contribution in [-0.2, 0) is 4.79 Å². The van der Waals surface area contributed by atoms with Gasteiger partial charge in [-0.2, -0.15) is 0 Å². The van der Waals surface area contributed by atoms with Crippen LogP contribution in [-0.4, -0.2) is 67.6 Å². The van der Waals surface area contributed by atoms with Gasteiger partial charge in [0, 0.05) is 32.2 Å². The number of nitrogens with two attached hydrogens (primary N) is 1. The lowest BCUT2D eigenvalue weighted by molar-refractivity contribution is -0.120. The molecule has 0 aromatic heterocycles. The molecular formula is C12H26N4O. The van der Waals surface area contributed by atoms with E-state index in [4.69, 9.17) is 5.73 Å². The zero-order valence-electron chi connectivity index (χ0n) is 11.3. The summed E-state index contributed by atoms with van der Waals surface area (Å²) < 4.78 is 0. The highest BCUT2D eigenvalue weighted by atomic mass is 16.1. The fraction of sp³-hybridized carbons (Fsp3) is 0.917. The first kappa shape index (κ1) is 14.4. The monoisotopic (exact) mass is 242 g/mol. The maximum atomic E-state index is 11.3. The molecule has 0 saturated carbocycles. The van der Waals surface area contributed by atoms with E-state index < -0.39 is 0 Å². The van der Waals surface area contributed by atoms with Crippen LogP contribution in [0.4, 0.5) is 0 Å². The second-order valence-corrected chi connectivity index (χ2v) is 4.81. The van der Waals surface area contributed by atoms with Gasteiger partial charge >= 0.3 is 0 Å². The van der Waals surface area contributed by atoms with E-state index in [0.717, 1.165) is 39.1 Å². The Labute approximate surface area is 104 Å². The normalized spacial score (nSPS) is 24.8. The van der Waals surface area contributed by atoms with Crippen LogP contribution in [0.1, 0.15) is 20.3 Å². The van der Waals surface area contributed by atoms with Crippen molar-refractivity contribution in [3.63, 3.8) is 0 Å². The molecule has 0 aromatic carbocycles. The molecule has 1 saturated heterocycles. The summed E-state index contributed by atoms with van der Waals surface area (Å²) in [6.45, 7) is 8.82. The predicted octanol–water partition coefficient (Wildman–Crippen LogP) is -0.524. The highest BCUT2D eigenvalue weighted by Gasteiger charge is 2.26. The quantitative estimate of drug-likeness (QED) is 0.658. The van der Waals surface area contributed by atoms with Gasteiger partial charge in [-0.25, -0.2) is 0 Å². The van der Waals surface area contributed by atoms with E-state index in [-0.39, 0.29) is 11.9 Å². The SMILES string of the molecule is CCNC(CN1CCN(C)C(CC)C1)C(N)=O. The average molecular weight is 242 g/mol. The van der Waals surface area contributed by atoms with Crippen LogP contribution in [0.3, 0.4) is 0 Å². The van der Waals surface area contributed by atoms with Crippen LogP contribution in [0, 0.1) is 0 Å². The van der Waals surface area contributed by atoms with Crippen molar-refractivity contribution in [3.8, 4) is 0 Å². The molecule has 1 amide bonds. The van der Waals surface area contributed by atoms with Crippen LogP contribution in [0.15, 0.2) is 0 Å². The Kier molecular flexibility index (Phi) is 5.88. The summed E-state index contributed by atoms with van der Waals surface area (Å²) in [5, 5.41) is 3.14. The Morgan fingerprint density at radius 2 is 2.18 bits per heavy atom. The molecule has 2 unspecified atom stereocenters. The van der Waals surface area contributed by atoms with Crippen molar-refractivity contribution in [2.75, 3.05) is 39.8 Å². The smallest absolute Gasteiger partial charge is 0.235 e. The first-order valence-corrected chi connectivity index (χ1v) is 6.53. The second kappa shape index (κ2) is 6.93. The lowest BCUT2D eigenvalue weighted by Gasteiger charge is -2.40. The van der Waals surface area contributed by atoms with Gasteiger partial charge in [-0.1, -0.05) is 13.8 Å². The van der Waals surface area contributed by atoms with Gasteiger partial charge in [0.05, 0.1) is 6.04 Å². The van der Waals surface area contributed by atoms with Gasteiger partial charge in [0.15, 0.2) is 0 Å². The zero-order chi connectivity index (χ0) is 12.8. The van der Waals surface area contributed by atoms with Crippen LogP contribution < -0.4 is 11.1 Å². The van der Waals surface area contributed by atoms with Crippen LogP contribution >= 0.6 is 0 Å². The van der Waals surface area contributed by atoms with Gasteiger partial charge in [0.2, 0.25) is 5.91 Å². The predicted molar refractivity (Wildman–Crippen MR) is 69.8 cm³/mol. The molecule has 1 aliphatic rings. The van der Waals surface area contributed by atoms with E-state index in [2.05, 4.69) is 29.1 Å². The van der Waals surface area contributed by atoms with Crippen molar-refractivity contribution < 1.29 is 4.79 Å². The molecule has 5 heteroatoms. The van der Waals surface area contributed by atoms with Crippen molar-refractivity contribution in [3.05, 3.63) is 0 Å². The van der Waals surface area contributed by atoms with E-state index in [1.807, 2.05) is 6.92 Å². The minimum absolute atomic E-state index is 0.221. The minimum Gasteiger partial charge on any atom is -0.368 e. The molecule has 1 aliphatic heterocycles. The third-order valence-corrected chi connectivity index (χ3v) is 3.57. The molecule has 0 bridgehead atoms. The number of rotatable bonds is 6. The number of carbonyl (C=O) groups excluding carboxylic acids is 1. The topological polar surface area (TPSA) is 61.6 Å². The largest absolute Gasteiger partial charge is 0.368 e. The number of primary amides is 1. The van der Waals surface area contributed by atoms with Crippen LogP contribution in [0.2, 0.25) is 0 Å². The van der Waals surface area contributed by atoms with Crippen molar-refractivity contribution >= 4 is 5.91 Å². The number of nitrogens with one attached hydrogen (secondary N) is 1. The van der Waals surface area contributed by atoms with Crippen LogP contribution in [0.25, 0.3) is 0 Å². The zero-order valence-corrected chi connectivity index (χ0v) is 11.3.